The fourth-order valence-corrected chi connectivity index (χ4v) is 1.87. The van der Waals surface area contributed by atoms with E-state index in [0.29, 0.717) is 10.6 Å². The number of halogens is 2. The van der Waals surface area contributed by atoms with E-state index in [1.807, 2.05) is 24.3 Å². The molecular formula is C14H10ClIN2O. The Morgan fingerprint density at radius 3 is 2.37 bits per heavy atom. The lowest BCUT2D eigenvalue weighted by atomic mass is 10.2. The van der Waals surface area contributed by atoms with Crippen molar-refractivity contribution < 1.29 is 4.79 Å². The zero-order valence-electron chi connectivity index (χ0n) is 9.81. The normalized spacial score (nSPS) is 10.6. The molecule has 0 unspecified atom stereocenters. The van der Waals surface area contributed by atoms with Crippen molar-refractivity contribution in [1.82, 2.24) is 5.43 Å². The Bertz CT molecular complexity index is 594. The summed E-state index contributed by atoms with van der Waals surface area (Å²) in [7, 11) is 0. The number of carbonyl (C=O) groups is 1. The van der Waals surface area contributed by atoms with Gasteiger partial charge in [-0.25, -0.2) is 5.43 Å². The molecule has 19 heavy (non-hydrogen) atoms. The Morgan fingerprint density at radius 2 is 1.74 bits per heavy atom. The highest BCUT2D eigenvalue weighted by atomic mass is 127. The third-order valence-electron chi connectivity index (χ3n) is 2.36. The number of nitrogens with zero attached hydrogens (tertiary/aromatic N) is 1. The van der Waals surface area contributed by atoms with Gasteiger partial charge in [-0.15, -0.1) is 0 Å². The third-order valence-corrected chi connectivity index (χ3v) is 3.33. The van der Waals surface area contributed by atoms with Crippen molar-refractivity contribution in [3.8, 4) is 0 Å². The molecular weight excluding hydrogens is 375 g/mol. The van der Waals surface area contributed by atoms with E-state index in [4.69, 9.17) is 11.6 Å². The zero-order chi connectivity index (χ0) is 13.7. The first kappa shape index (κ1) is 14.0. The van der Waals surface area contributed by atoms with Crippen molar-refractivity contribution in [3.63, 3.8) is 0 Å². The van der Waals surface area contributed by atoms with Crippen molar-refractivity contribution in [1.29, 1.82) is 0 Å². The Balaban J connectivity index is 1.96. The summed E-state index contributed by atoms with van der Waals surface area (Å²) in [5.41, 5.74) is 3.92. The molecule has 0 aliphatic carbocycles. The van der Waals surface area contributed by atoms with Crippen LogP contribution in [0.4, 0.5) is 0 Å². The maximum atomic E-state index is 11.8. The molecule has 2 aromatic rings. The molecule has 3 nitrogen and oxygen atoms in total. The molecule has 1 N–H and O–H groups in total. The summed E-state index contributed by atoms with van der Waals surface area (Å²) in [4.78, 5) is 11.8. The van der Waals surface area contributed by atoms with Gasteiger partial charge in [0.05, 0.1) is 6.21 Å². The minimum atomic E-state index is -0.235. The Hall–Kier alpha value is -1.40. The highest BCUT2D eigenvalue weighted by Gasteiger charge is 2.02. The van der Waals surface area contributed by atoms with E-state index in [-0.39, 0.29) is 5.91 Å². The van der Waals surface area contributed by atoms with E-state index in [1.54, 1.807) is 30.5 Å². The van der Waals surface area contributed by atoms with Gasteiger partial charge in [-0.2, -0.15) is 5.10 Å². The van der Waals surface area contributed by atoms with Gasteiger partial charge in [0.25, 0.3) is 5.91 Å². The zero-order valence-corrected chi connectivity index (χ0v) is 12.7. The first-order valence-electron chi connectivity index (χ1n) is 5.50. The van der Waals surface area contributed by atoms with Crippen molar-refractivity contribution in [2.75, 3.05) is 0 Å². The highest BCUT2D eigenvalue weighted by molar-refractivity contribution is 14.1. The Morgan fingerprint density at radius 1 is 1.11 bits per heavy atom. The molecule has 96 valence electrons. The molecule has 0 aliphatic rings. The predicted octanol–water partition coefficient (Wildman–Crippen LogP) is 3.71. The summed E-state index contributed by atoms with van der Waals surface area (Å²) in [5, 5.41) is 4.57. The van der Waals surface area contributed by atoms with Crippen LogP contribution in [0.1, 0.15) is 15.9 Å². The van der Waals surface area contributed by atoms with Crippen LogP contribution in [0.25, 0.3) is 0 Å². The van der Waals surface area contributed by atoms with E-state index < -0.39 is 0 Å². The maximum Gasteiger partial charge on any atom is 0.271 e. The molecule has 0 aliphatic heterocycles. The van der Waals surface area contributed by atoms with Crippen LogP contribution in [-0.4, -0.2) is 12.1 Å². The van der Waals surface area contributed by atoms with Gasteiger partial charge in [0, 0.05) is 14.2 Å². The lowest BCUT2D eigenvalue weighted by molar-refractivity contribution is 0.0955. The van der Waals surface area contributed by atoms with E-state index in [2.05, 4.69) is 33.1 Å². The molecule has 1 amide bonds. The van der Waals surface area contributed by atoms with E-state index in [1.165, 1.54) is 0 Å². The standard InChI is InChI=1S/C14H10ClIN2O/c15-12-5-1-10(2-6-12)9-17-18-14(19)11-3-7-13(16)8-4-11/h1-9H,(H,18,19)/b17-9-. The number of hydrazone groups is 1. The molecule has 0 saturated heterocycles. The number of benzene rings is 2. The topological polar surface area (TPSA) is 41.5 Å². The third kappa shape index (κ3) is 4.33. The van der Waals surface area contributed by atoms with Crippen LogP contribution in [0.2, 0.25) is 5.02 Å². The van der Waals surface area contributed by atoms with Gasteiger partial charge >= 0.3 is 0 Å². The van der Waals surface area contributed by atoms with Gasteiger partial charge in [-0.05, 0) is 64.6 Å². The van der Waals surface area contributed by atoms with Crippen LogP contribution in [-0.2, 0) is 0 Å². The number of hydrogen-bond donors (Lipinski definition) is 1. The minimum absolute atomic E-state index is 0.235. The van der Waals surface area contributed by atoms with Crippen LogP contribution in [0.3, 0.4) is 0 Å². The molecule has 0 radical (unpaired) electrons. The molecule has 0 spiro atoms. The van der Waals surface area contributed by atoms with Gasteiger partial charge in [0.15, 0.2) is 0 Å². The van der Waals surface area contributed by atoms with Gasteiger partial charge in [-0.1, -0.05) is 23.7 Å². The fraction of sp³-hybridized carbons (Fsp3) is 0. The molecule has 0 saturated carbocycles. The molecule has 2 rings (SSSR count). The summed E-state index contributed by atoms with van der Waals surface area (Å²) >= 11 is 7.96. The molecule has 0 bridgehead atoms. The van der Waals surface area contributed by atoms with Gasteiger partial charge in [-0.3, -0.25) is 4.79 Å². The van der Waals surface area contributed by atoms with Crippen LogP contribution < -0.4 is 5.43 Å². The minimum Gasteiger partial charge on any atom is -0.267 e. The van der Waals surface area contributed by atoms with Crippen LogP contribution in [0, 0.1) is 3.57 Å². The van der Waals surface area contributed by atoms with Gasteiger partial charge in [0.2, 0.25) is 0 Å². The summed E-state index contributed by atoms with van der Waals surface area (Å²) < 4.78 is 1.08. The average molecular weight is 385 g/mol. The Labute approximate surface area is 129 Å². The first-order chi connectivity index (χ1) is 9.15. The SMILES string of the molecule is O=C(N/N=C\c1ccc(Cl)cc1)c1ccc(I)cc1. The van der Waals surface area contributed by atoms with E-state index in [0.717, 1.165) is 9.13 Å². The molecule has 0 fully saturated rings. The van der Waals surface area contributed by atoms with Crippen LogP contribution >= 0.6 is 34.2 Å². The van der Waals surface area contributed by atoms with Crippen molar-refractivity contribution >= 4 is 46.3 Å². The second kappa shape index (κ2) is 6.68. The fourth-order valence-electron chi connectivity index (χ4n) is 1.38. The molecule has 0 heterocycles. The smallest absolute Gasteiger partial charge is 0.267 e. The summed E-state index contributed by atoms with van der Waals surface area (Å²) in [5.74, 6) is -0.235. The number of hydrogen-bond acceptors (Lipinski definition) is 2. The summed E-state index contributed by atoms with van der Waals surface area (Å²) in [6.07, 6.45) is 1.57. The summed E-state index contributed by atoms with van der Waals surface area (Å²) in [6.45, 7) is 0. The average Bonchev–Trinajstić information content (AvgIpc) is 2.41. The monoisotopic (exact) mass is 384 g/mol. The van der Waals surface area contributed by atoms with Crippen LogP contribution in [0.5, 0.6) is 0 Å². The first-order valence-corrected chi connectivity index (χ1v) is 6.95. The quantitative estimate of drug-likeness (QED) is 0.489. The predicted molar refractivity (Wildman–Crippen MR) is 85.7 cm³/mol. The molecule has 5 heteroatoms. The second-order valence-electron chi connectivity index (χ2n) is 3.76. The number of amides is 1. The lowest BCUT2D eigenvalue weighted by Crippen LogP contribution is -2.17. The highest BCUT2D eigenvalue weighted by Crippen LogP contribution is 2.08. The van der Waals surface area contributed by atoms with Gasteiger partial charge < -0.3 is 0 Å². The van der Waals surface area contributed by atoms with Crippen molar-refractivity contribution in [2.45, 2.75) is 0 Å². The number of carbonyl (C=O) groups excluding carboxylic acids is 1. The molecule has 0 atom stereocenters. The molecule has 0 aromatic heterocycles. The maximum absolute atomic E-state index is 11.8. The largest absolute Gasteiger partial charge is 0.271 e. The number of rotatable bonds is 3. The lowest BCUT2D eigenvalue weighted by Gasteiger charge is -1.99. The van der Waals surface area contributed by atoms with Crippen molar-refractivity contribution in [3.05, 3.63) is 68.3 Å². The number of nitrogens with one attached hydrogen (secondary N) is 1. The van der Waals surface area contributed by atoms with E-state index >= 15 is 0 Å². The van der Waals surface area contributed by atoms with Gasteiger partial charge in [0.1, 0.15) is 0 Å². The molecule has 2 aromatic carbocycles. The van der Waals surface area contributed by atoms with Crippen molar-refractivity contribution in [2.24, 2.45) is 5.10 Å². The van der Waals surface area contributed by atoms with E-state index in [9.17, 15) is 4.79 Å². The van der Waals surface area contributed by atoms with Crippen LogP contribution in [0.15, 0.2) is 53.6 Å². The Kier molecular flexibility index (Phi) is 4.93. The summed E-state index contributed by atoms with van der Waals surface area (Å²) in [6, 6.07) is 14.4. The second-order valence-corrected chi connectivity index (χ2v) is 5.44.